The third kappa shape index (κ3) is 7.12. The number of thioether (sulfide) groups is 1. The van der Waals surface area contributed by atoms with Gasteiger partial charge in [-0.05, 0) is 25.8 Å². The van der Waals surface area contributed by atoms with Crippen LogP contribution in [0.3, 0.4) is 0 Å². The van der Waals surface area contributed by atoms with Crippen molar-refractivity contribution in [1.29, 1.82) is 0 Å². The molecule has 0 bridgehead atoms. The van der Waals surface area contributed by atoms with Gasteiger partial charge < -0.3 is 25.4 Å². The van der Waals surface area contributed by atoms with Crippen LogP contribution in [-0.2, 0) is 35.1 Å². The highest BCUT2D eigenvalue weighted by atomic mass is 32.2. The van der Waals surface area contributed by atoms with Gasteiger partial charge in [0.05, 0.1) is 37.4 Å². The number of carbonyl (C=O) groups excluding carboxylic acids is 4. The molecule has 3 rings (SSSR count). The van der Waals surface area contributed by atoms with Gasteiger partial charge in [0.2, 0.25) is 17.7 Å². The maximum absolute atomic E-state index is 12.9. The molecule has 34 heavy (non-hydrogen) atoms. The molecule has 3 amide bonds. The molecular weight excluding hydrogens is 460 g/mol. The summed E-state index contributed by atoms with van der Waals surface area (Å²) in [6, 6.07) is 7.57. The molecule has 2 heterocycles. The van der Waals surface area contributed by atoms with Crippen LogP contribution >= 0.6 is 11.8 Å². The second-order valence-electron chi connectivity index (χ2n) is 8.39. The van der Waals surface area contributed by atoms with E-state index in [1.54, 1.807) is 6.92 Å². The van der Waals surface area contributed by atoms with Crippen LogP contribution in [0.5, 0.6) is 0 Å². The predicted molar refractivity (Wildman–Crippen MR) is 128 cm³/mol. The van der Waals surface area contributed by atoms with Crippen LogP contribution in [0.25, 0.3) is 0 Å². The molecule has 11 heteroatoms. The van der Waals surface area contributed by atoms with E-state index in [0.29, 0.717) is 19.6 Å². The fraction of sp³-hybridized carbons (Fsp3) is 0.522. The summed E-state index contributed by atoms with van der Waals surface area (Å²) in [6.07, 6.45) is 0.307. The minimum absolute atomic E-state index is 0.0543. The summed E-state index contributed by atoms with van der Waals surface area (Å²) >= 11 is 1.34. The summed E-state index contributed by atoms with van der Waals surface area (Å²) in [5, 5.41) is 8.29. The number of rotatable bonds is 12. The molecule has 0 radical (unpaired) electrons. The van der Waals surface area contributed by atoms with Gasteiger partial charge in [-0.1, -0.05) is 42.1 Å². The molecule has 1 aromatic carbocycles. The topological polar surface area (TPSA) is 138 Å². The molecule has 1 saturated heterocycles. The van der Waals surface area contributed by atoms with E-state index in [2.05, 4.69) is 20.9 Å². The third-order valence-electron chi connectivity index (χ3n) is 5.51. The molecule has 3 unspecified atom stereocenters. The first kappa shape index (κ1) is 25.9. The van der Waals surface area contributed by atoms with Crippen LogP contribution in [0, 0.1) is 0 Å². The maximum atomic E-state index is 12.9. The van der Waals surface area contributed by atoms with Crippen LogP contribution < -0.4 is 16.0 Å². The van der Waals surface area contributed by atoms with Crippen molar-refractivity contribution in [3.05, 3.63) is 35.9 Å². The summed E-state index contributed by atoms with van der Waals surface area (Å²) in [6.45, 7) is 3.76. The lowest BCUT2D eigenvalue weighted by atomic mass is 9.95. The van der Waals surface area contributed by atoms with Gasteiger partial charge in [-0.2, -0.15) is 0 Å². The van der Waals surface area contributed by atoms with Crippen molar-refractivity contribution in [3.63, 3.8) is 0 Å². The Bertz CT molecular complexity index is 950. The van der Waals surface area contributed by atoms with E-state index in [4.69, 9.17) is 9.47 Å². The first-order valence-electron chi connectivity index (χ1n) is 11.0. The molecular formula is C23H30N4O6S. The number of nitrogens with zero attached hydrogens (tertiary/aromatic N) is 1. The molecule has 0 aromatic heterocycles. The third-order valence-corrected chi connectivity index (χ3v) is 6.63. The van der Waals surface area contributed by atoms with E-state index in [9.17, 15) is 19.2 Å². The van der Waals surface area contributed by atoms with Crippen molar-refractivity contribution >= 4 is 40.3 Å². The monoisotopic (exact) mass is 490 g/mol. The number of hydrogen-bond acceptors (Lipinski definition) is 8. The zero-order chi connectivity index (χ0) is 24.7. The molecule has 3 N–H and O–H groups in total. The number of epoxide rings is 1. The SMILES string of the molecule is COCC(NC(=O)C1CN=C(C)S1)C(=O)NCC(=O)NC(Cc1ccccc1)C(=O)[C@@]1(C)CO1. The number of nitrogens with one attached hydrogen (secondary N) is 3. The molecule has 4 atom stereocenters. The number of ether oxygens (including phenoxy) is 2. The molecule has 1 fully saturated rings. The molecule has 184 valence electrons. The Balaban J connectivity index is 1.54. The molecule has 10 nitrogen and oxygen atoms in total. The summed E-state index contributed by atoms with van der Waals surface area (Å²) in [4.78, 5) is 54.7. The highest BCUT2D eigenvalue weighted by Gasteiger charge is 2.50. The van der Waals surface area contributed by atoms with Crippen molar-refractivity contribution < 1.29 is 28.7 Å². The zero-order valence-corrected chi connectivity index (χ0v) is 20.3. The number of methoxy groups -OCH3 is 1. The number of hydrogen-bond donors (Lipinski definition) is 3. The second-order valence-corrected chi connectivity index (χ2v) is 9.79. The van der Waals surface area contributed by atoms with Crippen molar-refractivity contribution in [1.82, 2.24) is 16.0 Å². The van der Waals surface area contributed by atoms with Crippen molar-refractivity contribution in [2.75, 3.05) is 33.4 Å². The van der Waals surface area contributed by atoms with E-state index in [1.165, 1.54) is 18.9 Å². The quantitative estimate of drug-likeness (QED) is 0.347. The van der Waals surface area contributed by atoms with Gasteiger partial charge in [0.1, 0.15) is 16.9 Å². The largest absolute Gasteiger partial charge is 0.382 e. The summed E-state index contributed by atoms with van der Waals surface area (Å²) < 4.78 is 10.3. The highest BCUT2D eigenvalue weighted by Crippen LogP contribution is 2.29. The fourth-order valence-electron chi connectivity index (χ4n) is 3.46. The Kier molecular flexibility index (Phi) is 8.81. The van der Waals surface area contributed by atoms with Crippen LogP contribution in [0.15, 0.2) is 35.3 Å². The minimum atomic E-state index is -0.965. The smallest absolute Gasteiger partial charge is 0.245 e. The average Bonchev–Trinajstić information content (AvgIpc) is 3.42. The fourth-order valence-corrected chi connectivity index (χ4v) is 4.34. The van der Waals surface area contributed by atoms with Gasteiger partial charge in [0.15, 0.2) is 5.78 Å². The van der Waals surface area contributed by atoms with Gasteiger partial charge in [-0.3, -0.25) is 24.2 Å². The standard InChI is InChI=1S/C23H30N4O6S/c1-14-24-10-18(34-14)22(31)27-17(12-32-3)21(30)25-11-19(28)26-16(20(29)23(2)13-33-23)9-15-7-5-4-6-8-15/h4-8,16-18H,9-13H2,1-3H3,(H,25,30)(H,26,28)(H,27,31)/t16?,17?,18?,23-/m1/s1. The van der Waals surface area contributed by atoms with Gasteiger partial charge in [0.25, 0.3) is 0 Å². The van der Waals surface area contributed by atoms with Gasteiger partial charge in [0, 0.05) is 7.11 Å². The zero-order valence-electron chi connectivity index (χ0n) is 19.5. The van der Waals surface area contributed by atoms with Gasteiger partial charge in [-0.25, -0.2) is 0 Å². The van der Waals surface area contributed by atoms with Crippen molar-refractivity contribution in [2.45, 2.75) is 43.2 Å². The van der Waals surface area contributed by atoms with Crippen molar-refractivity contribution in [2.24, 2.45) is 4.99 Å². The Labute approximate surface area is 202 Å². The number of ketones is 1. The van der Waals surface area contributed by atoms with Crippen LogP contribution in [0.2, 0.25) is 0 Å². The highest BCUT2D eigenvalue weighted by molar-refractivity contribution is 8.15. The Morgan fingerprint density at radius 2 is 1.91 bits per heavy atom. The summed E-state index contributed by atoms with van der Waals surface area (Å²) in [5.41, 5.74) is -0.00858. The van der Waals surface area contributed by atoms with E-state index in [0.717, 1.165) is 10.6 Å². The molecule has 1 aromatic rings. The summed E-state index contributed by atoms with van der Waals surface area (Å²) in [7, 11) is 1.41. The van der Waals surface area contributed by atoms with E-state index in [1.807, 2.05) is 37.3 Å². The van der Waals surface area contributed by atoms with E-state index in [-0.39, 0.29) is 24.8 Å². The Morgan fingerprint density at radius 1 is 1.21 bits per heavy atom. The van der Waals surface area contributed by atoms with E-state index >= 15 is 0 Å². The normalized spacial score (nSPS) is 22.8. The molecule has 0 spiro atoms. The van der Waals surface area contributed by atoms with Crippen LogP contribution in [0.1, 0.15) is 19.4 Å². The summed E-state index contributed by atoms with van der Waals surface area (Å²) in [5.74, 6) is -1.62. The lowest BCUT2D eigenvalue weighted by Gasteiger charge is -2.21. The lowest BCUT2D eigenvalue weighted by molar-refractivity contribution is -0.132. The maximum Gasteiger partial charge on any atom is 0.245 e. The van der Waals surface area contributed by atoms with E-state index < -0.39 is 34.7 Å². The number of Topliss-reactive ketones (excluding diaryl/α,β-unsaturated/α-hetero) is 1. The van der Waals surface area contributed by atoms with Crippen LogP contribution in [0.4, 0.5) is 0 Å². The molecule has 0 saturated carbocycles. The number of carbonyl (C=O) groups is 4. The van der Waals surface area contributed by atoms with Crippen LogP contribution in [-0.4, -0.2) is 84.9 Å². The average molecular weight is 491 g/mol. The Morgan fingerprint density at radius 3 is 2.50 bits per heavy atom. The predicted octanol–water partition coefficient (Wildman–Crippen LogP) is -0.147. The first-order valence-corrected chi connectivity index (χ1v) is 11.9. The first-order chi connectivity index (χ1) is 16.2. The second kappa shape index (κ2) is 11.6. The minimum Gasteiger partial charge on any atom is -0.382 e. The molecule has 2 aliphatic heterocycles. The Hall–Kier alpha value is -2.76. The number of aliphatic imine (C=N–C) groups is 1. The van der Waals surface area contributed by atoms with Gasteiger partial charge in [-0.15, -0.1) is 0 Å². The number of benzene rings is 1. The molecule has 2 aliphatic rings. The van der Waals surface area contributed by atoms with Crippen molar-refractivity contribution in [3.8, 4) is 0 Å². The molecule has 0 aliphatic carbocycles. The van der Waals surface area contributed by atoms with Gasteiger partial charge >= 0.3 is 0 Å². The lowest BCUT2D eigenvalue weighted by Crippen LogP contribution is -2.54. The number of amides is 3.